The van der Waals surface area contributed by atoms with Crippen LogP contribution in [0.25, 0.3) is 0 Å². The molecule has 0 radical (unpaired) electrons. The van der Waals surface area contributed by atoms with Crippen LogP contribution in [0, 0.1) is 5.82 Å². The van der Waals surface area contributed by atoms with Gasteiger partial charge in [0.25, 0.3) is 0 Å². The van der Waals surface area contributed by atoms with E-state index in [1.807, 2.05) is 0 Å². The van der Waals surface area contributed by atoms with Crippen molar-refractivity contribution in [2.24, 2.45) is 0 Å². The fraction of sp³-hybridized carbons (Fsp3) is 0.0769. The number of nitrogens with two attached hydrogens (primary N) is 1. The molecule has 0 saturated heterocycles. The third-order valence-corrected chi connectivity index (χ3v) is 5.06. The molecule has 0 amide bonds. The maximum Gasteiger partial charge on any atom is 0.182 e. The van der Waals surface area contributed by atoms with Crippen LogP contribution in [0.15, 0.2) is 51.8 Å². The second kappa shape index (κ2) is 5.30. The average Bonchev–Trinajstić information content (AvgIpc) is 2.35. The monoisotopic (exact) mass is 343 g/mol. The van der Waals surface area contributed by atoms with Crippen LogP contribution in [-0.2, 0) is 15.6 Å². The van der Waals surface area contributed by atoms with Gasteiger partial charge in [-0.3, -0.25) is 0 Å². The number of halogens is 2. The van der Waals surface area contributed by atoms with Crippen LogP contribution in [0.2, 0.25) is 0 Å². The summed E-state index contributed by atoms with van der Waals surface area (Å²) in [6.45, 7) is 0. The number of rotatable bonds is 3. The molecule has 2 rings (SSSR count). The first-order valence-electron chi connectivity index (χ1n) is 5.41. The van der Waals surface area contributed by atoms with E-state index in [0.29, 0.717) is 15.7 Å². The highest BCUT2D eigenvalue weighted by atomic mass is 79.9. The molecular formula is C13H11BrFNO2S. The van der Waals surface area contributed by atoms with Gasteiger partial charge in [-0.05, 0) is 36.4 Å². The van der Waals surface area contributed by atoms with Gasteiger partial charge in [0.05, 0.1) is 10.6 Å². The molecule has 2 aromatic carbocycles. The SMILES string of the molecule is Nc1cccc(Br)c1CS(=O)(=O)c1ccc(F)cc1. The van der Waals surface area contributed by atoms with Crippen LogP contribution < -0.4 is 5.73 Å². The lowest BCUT2D eigenvalue weighted by Crippen LogP contribution is -2.07. The van der Waals surface area contributed by atoms with Gasteiger partial charge < -0.3 is 5.73 Å². The third kappa shape index (κ3) is 3.13. The normalized spacial score (nSPS) is 11.5. The molecule has 0 aliphatic carbocycles. The van der Waals surface area contributed by atoms with E-state index in [9.17, 15) is 12.8 Å². The van der Waals surface area contributed by atoms with Crippen LogP contribution in [0.5, 0.6) is 0 Å². The van der Waals surface area contributed by atoms with E-state index >= 15 is 0 Å². The standard InChI is InChI=1S/C13H11BrFNO2S/c14-12-2-1-3-13(16)11(12)8-19(17,18)10-6-4-9(15)5-7-10/h1-7H,8,16H2. The molecule has 0 heterocycles. The maximum atomic E-state index is 12.8. The molecule has 0 aromatic heterocycles. The summed E-state index contributed by atoms with van der Waals surface area (Å²) in [5, 5.41) is 0. The van der Waals surface area contributed by atoms with Crippen molar-refractivity contribution in [1.29, 1.82) is 0 Å². The van der Waals surface area contributed by atoms with E-state index in [-0.39, 0.29) is 10.6 Å². The quantitative estimate of drug-likeness (QED) is 0.687. The summed E-state index contributed by atoms with van der Waals surface area (Å²) in [5.74, 6) is -0.703. The Bertz CT molecular complexity index is 679. The lowest BCUT2D eigenvalue weighted by molar-refractivity contribution is 0.594. The minimum atomic E-state index is -3.55. The maximum absolute atomic E-state index is 12.8. The van der Waals surface area contributed by atoms with Gasteiger partial charge in [0.1, 0.15) is 5.82 Å². The molecule has 0 spiro atoms. The van der Waals surface area contributed by atoms with Gasteiger partial charge in [0, 0.05) is 15.7 Å². The van der Waals surface area contributed by atoms with Crippen molar-refractivity contribution < 1.29 is 12.8 Å². The second-order valence-corrected chi connectivity index (χ2v) is 6.86. The Morgan fingerprint density at radius 1 is 1.11 bits per heavy atom. The van der Waals surface area contributed by atoms with Crippen LogP contribution >= 0.6 is 15.9 Å². The number of nitrogen functional groups attached to an aromatic ring is 1. The van der Waals surface area contributed by atoms with Crippen molar-refractivity contribution in [1.82, 2.24) is 0 Å². The van der Waals surface area contributed by atoms with E-state index in [0.717, 1.165) is 12.1 Å². The highest BCUT2D eigenvalue weighted by Gasteiger charge is 2.18. The van der Waals surface area contributed by atoms with Gasteiger partial charge in [-0.1, -0.05) is 22.0 Å². The lowest BCUT2D eigenvalue weighted by atomic mass is 10.2. The molecule has 0 fully saturated rings. The van der Waals surface area contributed by atoms with Crippen molar-refractivity contribution in [2.75, 3.05) is 5.73 Å². The molecule has 0 saturated carbocycles. The first-order chi connectivity index (χ1) is 8.90. The van der Waals surface area contributed by atoms with Crippen molar-refractivity contribution in [3.8, 4) is 0 Å². The zero-order valence-corrected chi connectivity index (χ0v) is 12.2. The molecule has 0 aliphatic rings. The fourth-order valence-corrected chi connectivity index (χ4v) is 3.77. The lowest BCUT2D eigenvalue weighted by Gasteiger charge is -2.09. The first kappa shape index (κ1) is 14.0. The van der Waals surface area contributed by atoms with Crippen LogP contribution in [0.4, 0.5) is 10.1 Å². The zero-order valence-electron chi connectivity index (χ0n) is 9.81. The van der Waals surface area contributed by atoms with Crippen molar-refractivity contribution in [2.45, 2.75) is 10.6 Å². The van der Waals surface area contributed by atoms with Crippen molar-refractivity contribution in [3.63, 3.8) is 0 Å². The molecule has 19 heavy (non-hydrogen) atoms. The molecule has 0 atom stereocenters. The largest absolute Gasteiger partial charge is 0.398 e. The van der Waals surface area contributed by atoms with E-state index in [4.69, 9.17) is 5.73 Å². The third-order valence-electron chi connectivity index (χ3n) is 2.66. The zero-order chi connectivity index (χ0) is 14.0. The summed E-state index contributed by atoms with van der Waals surface area (Å²) >= 11 is 3.28. The smallest absolute Gasteiger partial charge is 0.182 e. The second-order valence-electron chi connectivity index (χ2n) is 4.02. The van der Waals surface area contributed by atoms with E-state index < -0.39 is 15.7 Å². The van der Waals surface area contributed by atoms with Gasteiger partial charge in [-0.15, -0.1) is 0 Å². The van der Waals surface area contributed by atoms with Crippen LogP contribution in [0.1, 0.15) is 5.56 Å². The van der Waals surface area contributed by atoms with Gasteiger partial charge in [-0.25, -0.2) is 12.8 Å². The number of hydrogen-bond acceptors (Lipinski definition) is 3. The number of sulfone groups is 1. The Kier molecular flexibility index (Phi) is 3.91. The summed E-state index contributed by atoms with van der Waals surface area (Å²) in [4.78, 5) is 0.0732. The number of benzene rings is 2. The molecular weight excluding hydrogens is 333 g/mol. The Morgan fingerprint density at radius 3 is 2.32 bits per heavy atom. The Hall–Kier alpha value is -1.40. The summed E-state index contributed by atoms with van der Waals surface area (Å²) in [5.41, 5.74) is 6.69. The van der Waals surface area contributed by atoms with E-state index in [1.165, 1.54) is 12.1 Å². The molecule has 0 bridgehead atoms. The van der Waals surface area contributed by atoms with Crippen molar-refractivity contribution in [3.05, 3.63) is 58.3 Å². The molecule has 3 nitrogen and oxygen atoms in total. The fourth-order valence-electron chi connectivity index (χ4n) is 1.64. The molecule has 2 aromatic rings. The number of anilines is 1. The molecule has 0 unspecified atom stereocenters. The Balaban J connectivity index is 2.39. The highest BCUT2D eigenvalue weighted by Crippen LogP contribution is 2.27. The predicted molar refractivity (Wildman–Crippen MR) is 75.8 cm³/mol. The first-order valence-corrected chi connectivity index (χ1v) is 7.86. The molecule has 2 N–H and O–H groups in total. The average molecular weight is 344 g/mol. The van der Waals surface area contributed by atoms with E-state index in [1.54, 1.807) is 18.2 Å². The van der Waals surface area contributed by atoms with Gasteiger partial charge >= 0.3 is 0 Å². The minimum Gasteiger partial charge on any atom is -0.398 e. The summed E-state index contributed by atoms with van der Waals surface area (Å²) in [6.07, 6.45) is 0. The summed E-state index contributed by atoms with van der Waals surface area (Å²) in [6, 6.07) is 9.83. The summed E-state index contributed by atoms with van der Waals surface area (Å²) in [7, 11) is -3.55. The van der Waals surface area contributed by atoms with Gasteiger partial charge in [0.15, 0.2) is 9.84 Å². The Labute approximate surface area is 119 Å². The Morgan fingerprint density at radius 2 is 1.74 bits per heavy atom. The van der Waals surface area contributed by atoms with E-state index in [2.05, 4.69) is 15.9 Å². The number of hydrogen-bond donors (Lipinski definition) is 1. The summed E-state index contributed by atoms with van der Waals surface area (Å²) < 4.78 is 37.9. The van der Waals surface area contributed by atoms with Crippen LogP contribution in [-0.4, -0.2) is 8.42 Å². The molecule has 100 valence electrons. The topological polar surface area (TPSA) is 60.2 Å². The predicted octanol–water partition coefficient (Wildman–Crippen LogP) is 3.14. The van der Waals surface area contributed by atoms with Gasteiger partial charge in [-0.2, -0.15) is 0 Å². The molecule has 0 aliphatic heterocycles. The molecule has 6 heteroatoms. The van der Waals surface area contributed by atoms with Gasteiger partial charge in [0.2, 0.25) is 0 Å². The minimum absolute atomic E-state index is 0.0732. The highest BCUT2D eigenvalue weighted by molar-refractivity contribution is 9.10. The van der Waals surface area contributed by atoms with Crippen LogP contribution in [0.3, 0.4) is 0 Å². The van der Waals surface area contributed by atoms with Crippen molar-refractivity contribution >= 4 is 31.5 Å².